The minimum Gasteiger partial charge on any atom is -0.381 e. The summed E-state index contributed by atoms with van der Waals surface area (Å²) in [5.41, 5.74) is 0.915. The van der Waals surface area contributed by atoms with Crippen LogP contribution in [0.15, 0.2) is 12.3 Å². The van der Waals surface area contributed by atoms with E-state index in [1.165, 1.54) is 6.20 Å². The molecule has 1 aromatic heterocycles. The average Bonchev–Trinajstić information content (AvgIpc) is 2.46. The van der Waals surface area contributed by atoms with E-state index in [9.17, 15) is 4.39 Å². The van der Waals surface area contributed by atoms with E-state index < -0.39 is 0 Å². The standard InChI is InChI=1S/C16H26FN3O/c1-12(2)18-9-14-8-15(17)10-19-16(14)20(3)11-13-4-6-21-7-5-13/h8,10,12-13,18H,4-7,9,11H2,1-3H3. The molecular formula is C16H26FN3O. The molecular weight excluding hydrogens is 269 g/mol. The fourth-order valence-corrected chi connectivity index (χ4v) is 2.66. The molecule has 0 unspecified atom stereocenters. The molecule has 2 heterocycles. The molecule has 0 spiro atoms. The van der Waals surface area contributed by atoms with Crippen LogP contribution in [0.3, 0.4) is 0 Å². The third-order valence-electron chi connectivity index (χ3n) is 3.84. The lowest BCUT2D eigenvalue weighted by Gasteiger charge is -2.29. The molecule has 1 N–H and O–H groups in total. The maximum Gasteiger partial charge on any atom is 0.141 e. The number of ether oxygens (including phenoxy) is 1. The Morgan fingerprint density at radius 3 is 2.81 bits per heavy atom. The van der Waals surface area contributed by atoms with Crippen LogP contribution in [-0.4, -0.2) is 37.8 Å². The number of nitrogens with one attached hydrogen (secondary N) is 1. The first-order chi connectivity index (χ1) is 10.1. The van der Waals surface area contributed by atoms with Gasteiger partial charge < -0.3 is 15.0 Å². The molecule has 1 aliphatic rings. The number of hydrogen-bond acceptors (Lipinski definition) is 4. The maximum atomic E-state index is 13.5. The van der Waals surface area contributed by atoms with Crippen molar-refractivity contribution in [2.24, 2.45) is 5.92 Å². The highest BCUT2D eigenvalue weighted by molar-refractivity contribution is 5.46. The van der Waals surface area contributed by atoms with Crippen molar-refractivity contribution < 1.29 is 9.13 Å². The highest BCUT2D eigenvalue weighted by atomic mass is 19.1. The minimum absolute atomic E-state index is 0.279. The van der Waals surface area contributed by atoms with Gasteiger partial charge in [-0.25, -0.2) is 9.37 Å². The van der Waals surface area contributed by atoms with Gasteiger partial charge in [-0.15, -0.1) is 0 Å². The van der Waals surface area contributed by atoms with Gasteiger partial charge >= 0.3 is 0 Å². The number of nitrogens with zero attached hydrogens (tertiary/aromatic N) is 2. The van der Waals surface area contributed by atoms with E-state index in [0.717, 1.165) is 44.0 Å². The molecule has 0 amide bonds. The van der Waals surface area contributed by atoms with Crippen molar-refractivity contribution in [3.05, 3.63) is 23.6 Å². The summed E-state index contributed by atoms with van der Waals surface area (Å²) in [4.78, 5) is 6.45. The lowest BCUT2D eigenvalue weighted by Crippen LogP contribution is -2.31. The van der Waals surface area contributed by atoms with Crippen molar-refractivity contribution in [3.63, 3.8) is 0 Å². The third kappa shape index (κ3) is 4.93. The van der Waals surface area contributed by atoms with E-state index in [-0.39, 0.29) is 5.82 Å². The average molecular weight is 295 g/mol. The van der Waals surface area contributed by atoms with Gasteiger partial charge in [0.25, 0.3) is 0 Å². The maximum absolute atomic E-state index is 13.5. The SMILES string of the molecule is CC(C)NCc1cc(F)cnc1N(C)CC1CCOCC1. The van der Waals surface area contributed by atoms with Crippen LogP contribution in [0.4, 0.5) is 10.2 Å². The van der Waals surface area contributed by atoms with E-state index in [0.29, 0.717) is 18.5 Å². The molecule has 0 saturated carbocycles. The molecule has 1 aromatic rings. The molecule has 21 heavy (non-hydrogen) atoms. The van der Waals surface area contributed by atoms with E-state index in [4.69, 9.17) is 4.74 Å². The van der Waals surface area contributed by atoms with Crippen LogP contribution >= 0.6 is 0 Å². The summed E-state index contributed by atoms with van der Waals surface area (Å²) in [6.45, 7) is 7.43. The molecule has 4 nitrogen and oxygen atoms in total. The lowest BCUT2D eigenvalue weighted by atomic mass is 10.00. The summed E-state index contributed by atoms with van der Waals surface area (Å²) in [6, 6.07) is 1.94. The largest absolute Gasteiger partial charge is 0.381 e. The van der Waals surface area contributed by atoms with Crippen LogP contribution in [0, 0.1) is 11.7 Å². The molecule has 2 rings (SSSR count). The van der Waals surface area contributed by atoms with Crippen molar-refractivity contribution in [2.45, 2.75) is 39.3 Å². The fraction of sp³-hybridized carbons (Fsp3) is 0.688. The topological polar surface area (TPSA) is 37.4 Å². The molecule has 0 radical (unpaired) electrons. The van der Waals surface area contributed by atoms with Crippen LogP contribution in [-0.2, 0) is 11.3 Å². The summed E-state index contributed by atoms with van der Waals surface area (Å²) in [6.07, 6.45) is 3.48. The summed E-state index contributed by atoms with van der Waals surface area (Å²) < 4.78 is 18.9. The Morgan fingerprint density at radius 1 is 1.43 bits per heavy atom. The van der Waals surface area contributed by atoms with Crippen LogP contribution in [0.1, 0.15) is 32.3 Å². The number of halogens is 1. The fourth-order valence-electron chi connectivity index (χ4n) is 2.66. The molecule has 1 saturated heterocycles. The molecule has 0 aliphatic carbocycles. The van der Waals surface area contributed by atoms with E-state index in [1.54, 1.807) is 6.07 Å². The van der Waals surface area contributed by atoms with Gasteiger partial charge in [0, 0.05) is 45.0 Å². The quantitative estimate of drug-likeness (QED) is 0.875. The Hall–Kier alpha value is -1.20. The van der Waals surface area contributed by atoms with E-state index in [1.807, 2.05) is 7.05 Å². The van der Waals surface area contributed by atoms with Crippen molar-refractivity contribution in [3.8, 4) is 0 Å². The number of aromatic nitrogens is 1. The smallest absolute Gasteiger partial charge is 0.141 e. The second-order valence-electron chi connectivity index (χ2n) is 6.11. The molecule has 1 fully saturated rings. The number of rotatable bonds is 6. The highest BCUT2D eigenvalue weighted by Crippen LogP contribution is 2.22. The Labute approximate surface area is 126 Å². The second kappa shape index (κ2) is 7.71. The monoisotopic (exact) mass is 295 g/mol. The van der Waals surface area contributed by atoms with Gasteiger partial charge in [0.2, 0.25) is 0 Å². The van der Waals surface area contributed by atoms with Crippen LogP contribution in [0.2, 0.25) is 0 Å². The third-order valence-corrected chi connectivity index (χ3v) is 3.84. The van der Waals surface area contributed by atoms with E-state index >= 15 is 0 Å². The van der Waals surface area contributed by atoms with Gasteiger partial charge in [-0.05, 0) is 24.8 Å². The zero-order valence-corrected chi connectivity index (χ0v) is 13.2. The number of hydrogen-bond donors (Lipinski definition) is 1. The van der Waals surface area contributed by atoms with E-state index in [2.05, 4.69) is 29.0 Å². The Bertz CT molecular complexity index is 447. The Kier molecular flexibility index (Phi) is 5.94. The van der Waals surface area contributed by atoms with Crippen LogP contribution in [0.25, 0.3) is 0 Å². The van der Waals surface area contributed by atoms with Crippen molar-refractivity contribution >= 4 is 5.82 Å². The minimum atomic E-state index is -0.279. The first kappa shape index (κ1) is 16.2. The first-order valence-corrected chi connectivity index (χ1v) is 7.73. The highest BCUT2D eigenvalue weighted by Gasteiger charge is 2.18. The summed E-state index contributed by atoms with van der Waals surface area (Å²) in [5.74, 6) is 1.22. The molecule has 5 heteroatoms. The molecule has 0 aromatic carbocycles. The lowest BCUT2D eigenvalue weighted by molar-refractivity contribution is 0.0685. The zero-order valence-electron chi connectivity index (χ0n) is 13.2. The van der Waals surface area contributed by atoms with Gasteiger partial charge in [0.05, 0.1) is 6.20 Å². The zero-order chi connectivity index (χ0) is 15.2. The number of anilines is 1. The Morgan fingerprint density at radius 2 is 2.14 bits per heavy atom. The predicted octanol–water partition coefficient (Wildman–Crippen LogP) is 2.58. The van der Waals surface area contributed by atoms with Gasteiger partial charge in [-0.3, -0.25) is 0 Å². The van der Waals surface area contributed by atoms with Gasteiger partial charge in [-0.2, -0.15) is 0 Å². The summed E-state index contributed by atoms with van der Waals surface area (Å²) in [5, 5.41) is 3.33. The van der Waals surface area contributed by atoms with Crippen molar-refractivity contribution in [2.75, 3.05) is 31.7 Å². The van der Waals surface area contributed by atoms with Gasteiger partial charge in [0.15, 0.2) is 0 Å². The summed E-state index contributed by atoms with van der Waals surface area (Å²) >= 11 is 0. The molecule has 1 aliphatic heterocycles. The van der Waals surface area contributed by atoms with Crippen LogP contribution in [0.5, 0.6) is 0 Å². The number of pyridine rings is 1. The molecule has 0 bridgehead atoms. The van der Waals surface area contributed by atoms with Crippen molar-refractivity contribution in [1.29, 1.82) is 0 Å². The van der Waals surface area contributed by atoms with Crippen molar-refractivity contribution in [1.82, 2.24) is 10.3 Å². The second-order valence-corrected chi connectivity index (χ2v) is 6.11. The Balaban J connectivity index is 2.05. The van der Waals surface area contributed by atoms with Gasteiger partial charge in [0.1, 0.15) is 11.6 Å². The summed E-state index contributed by atoms with van der Waals surface area (Å²) in [7, 11) is 2.04. The predicted molar refractivity (Wildman–Crippen MR) is 83.0 cm³/mol. The molecule has 118 valence electrons. The van der Waals surface area contributed by atoms with Crippen LogP contribution < -0.4 is 10.2 Å². The van der Waals surface area contributed by atoms with Gasteiger partial charge in [-0.1, -0.05) is 13.8 Å². The normalized spacial score (nSPS) is 16.4. The molecule has 0 atom stereocenters. The first-order valence-electron chi connectivity index (χ1n) is 7.73.